The molecule has 4 nitrogen and oxygen atoms in total. The van der Waals surface area contributed by atoms with Crippen molar-refractivity contribution < 1.29 is 19.4 Å². The van der Waals surface area contributed by atoms with E-state index in [1.807, 2.05) is 0 Å². The standard InChI is InChI=1S/C8H12O4/c9-8(10)5-4-12-6-2-1-3-11-7(5)6/h5-7H,1-4H2,(H,9,10)/t5-,6-,7-/m1/s1. The zero-order valence-corrected chi connectivity index (χ0v) is 6.73. The summed E-state index contributed by atoms with van der Waals surface area (Å²) >= 11 is 0. The van der Waals surface area contributed by atoms with Gasteiger partial charge in [0.25, 0.3) is 0 Å². The Kier molecular flexibility index (Phi) is 2.02. The average Bonchev–Trinajstić information content (AvgIpc) is 2.47. The Morgan fingerprint density at radius 2 is 2.25 bits per heavy atom. The first-order chi connectivity index (χ1) is 5.79. The van der Waals surface area contributed by atoms with Crippen LogP contribution in [0.1, 0.15) is 12.8 Å². The molecule has 0 bridgehead atoms. The highest BCUT2D eigenvalue weighted by atomic mass is 16.6. The summed E-state index contributed by atoms with van der Waals surface area (Å²) in [6.07, 6.45) is 1.75. The van der Waals surface area contributed by atoms with Crippen molar-refractivity contribution in [1.29, 1.82) is 0 Å². The van der Waals surface area contributed by atoms with E-state index in [2.05, 4.69) is 0 Å². The fraction of sp³-hybridized carbons (Fsp3) is 0.875. The van der Waals surface area contributed by atoms with Crippen molar-refractivity contribution in [2.75, 3.05) is 13.2 Å². The molecule has 0 aromatic rings. The lowest BCUT2D eigenvalue weighted by Crippen LogP contribution is -2.37. The van der Waals surface area contributed by atoms with Crippen molar-refractivity contribution >= 4 is 5.97 Å². The van der Waals surface area contributed by atoms with Gasteiger partial charge in [-0.05, 0) is 12.8 Å². The number of carboxylic acids is 1. The van der Waals surface area contributed by atoms with Crippen LogP contribution in [0.25, 0.3) is 0 Å². The van der Waals surface area contributed by atoms with Crippen LogP contribution >= 0.6 is 0 Å². The molecule has 0 radical (unpaired) electrons. The Morgan fingerprint density at radius 3 is 3.00 bits per heavy atom. The van der Waals surface area contributed by atoms with Gasteiger partial charge in [0, 0.05) is 6.61 Å². The Hall–Kier alpha value is -0.610. The third-order valence-electron chi connectivity index (χ3n) is 2.51. The summed E-state index contributed by atoms with van der Waals surface area (Å²) in [6, 6.07) is 0. The molecule has 3 atom stereocenters. The first-order valence-electron chi connectivity index (χ1n) is 4.25. The van der Waals surface area contributed by atoms with Gasteiger partial charge in [0.15, 0.2) is 0 Å². The molecule has 0 aliphatic carbocycles. The van der Waals surface area contributed by atoms with Gasteiger partial charge in [-0.3, -0.25) is 4.79 Å². The molecule has 0 spiro atoms. The van der Waals surface area contributed by atoms with Gasteiger partial charge in [-0.1, -0.05) is 0 Å². The maximum absolute atomic E-state index is 10.7. The monoisotopic (exact) mass is 172 g/mol. The smallest absolute Gasteiger partial charge is 0.311 e. The summed E-state index contributed by atoms with van der Waals surface area (Å²) in [5, 5.41) is 8.79. The van der Waals surface area contributed by atoms with Crippen LogP contribution in [-0.4, -0.2) is 36.5 Å². The van der Waals surface area contributed by atoms with Gasteiger partial charge in [0.2, 0.25) is 0 Å². The number of hydrogen-bond donors (Lipinski definition) is 1. The van der Waals surface area contributed by atoms with Crippen LogP contribution in [0.2, 0.25) is 0 Å². The van der Waals surface area contributed by atoms with Crippen LogP contribution in [-0.2, 0) is 14.3 Å². The highest BCUT2D eigenvalue weighted by Gasteiger charge is 2.43. The van der Waals surface area contributed by atoms with Gasteiger partial charge < -0.3 is 14.6 Å². The van der Waals surface area contributed by atoms with Crippen molar-refractivity contribution in [3.05, 3.63) is 0 Å². The van der Waals surface area contributed by atoms with Crippen LogP contribution < -0.4 is 0 Å². The van der Waals surface area contributed by atoms with Crippen LogP contribution in [0.15, 0.2) is 0 Å². The van der Waals surface area contributed by atoms with E-state index in [1.165, 1.54) is 0 Å². The average molecular weight is 172 g/mol. The Morgan fingerprint density at radius 1 is 1.42 bits per heavy atom. The Labute approximate surface area is 70.5 Å². The first-order valence-corrected chi connectivity index (χ1v) is 4.25. The molecule has 68 valence electrons. The fourth-order valence-electron chi connectivity index (χ4n) is 1.86. The second-order valence-corrected chi connectivity index (χ2v) is 3.29. The molecule has 4 heteroatoms. The van der Waals surface area contributed by atoms with Crippen molar-refractivity contribution in [2.45, 2.75) is 25.0 Å². The van der Waals surface area contributed by atoms with Gasteiger partial charge >= 0.3 is 5.97 Å². The molecule has 2 fully saturated rings. The number of ether oxygens (including phenoxy) is 2. The largest absolute Gasteiger partial charge is 0.481 e. The highest BCUT2D eigenvalue weighted by Crippen LogP contribution is 2.30. The van der Waals surface area contributed by atoms with Gasteiger partial charge in [0.05, 0.1) is 18.8 Å². The Bertz CT molecular complexity index is 191. The minimum atomic E-state index is -0.801. The number of hydrogen-bond acceptors (Lipinski definition) is 3. The number of fused-ring (bicyclic) bond motifs is 1. The quantitative estimate of drug-likeness (QED) is 0.616. The lowest BCUT2D eigenvalue weighted by Gasteiger charge is -2.26. The molecular formula is C8H12O4. The van der Waals surface area contributed by atoms with E-state index >= 15 is 0 Å². The van der Waals surface area contributed by atoms with Crippen LogP contribution in [0.3, 0.4) is 0 Å². The van der Waals surface area contributed by atoms with Crippen LogP contribution in [0.4, 0.5) is 0 Å². The van der Waals surface area contributed by atoms with Crippen LogP contribution in [0.5, 0.6) is 0 Å². The highest BCUT2D eigenvalue weighted by molar-refractivity contribution is 5.71. The molecule has 2 aliphatic heterocycles. The van der Waals surface area contributed by atoms with Gasteiger partial charge in [-0.25, -0.2) is 0 Å². The summed E-state index contributed by atoms with van der Waals surface area (Å²) in [5.41, 5.74) is 0. The summed E-state index contributed by atoms with van der Waals surface area (Å²) in [6.45, 7) is 0.985. The number of carbonyl (C=O) groups is 1. The minimum Gasteiger partial charge on any atom is -0.481 e. The van der Waals surface area contributed by atoms with E-state index in [4.69, 9.17) is 14.6 Å². The SMILES string of the molecule is O=C(O)[C@@H]1CO[C@@H]2CCCO[C@@H]21. The summed E-state index contributed by atoms with van der Waals surface area (Å²) in [4.78, 5) is 10.7. The van der Waals surface area contributed by atoms with Crippen molar-refractivity contribution in [1.82, 2.24) is 0 Å². The normalized spacial score (nSPS) is 40.8. The second kappa shape index (κ2) is 3.03. The first kappa shape index (κ1) is 8.01. The van der Waals surface area contributed by atoms with Gasteiger partial charge in [-0.2, -0.15) is 0 Å². The third-order valence-corrected chi connectivity index (χ3v) is 2.51. The molecule has 0 saturated carbocycles. The number of carboxylic acid groups (broad SMARTS) is 1. The number of rotatable bonds is 1. The van der Waals surface area contributed by atoms with E-state index in [-0.39, 0.29) is 12.2 Å². The topological polar surface area (TPSA) is 55.8 Å². The zero-order chi connectivity index (χ0) is 8.55. The van der Waals surface area contributed by atoms with Gasteiger partial charge in [-0.15, -0.1) is 0 Å². The predicted octanol–water partition coefficient (Wildman–Crippen LogP) is 0.265. The van der Waals surface area contributed by atoms with Crippen LogP contribution in [0, 0.1) is 5.92 Å². The molecule has 0 amide bonds. The maximum Gasteiger partial charge on any atom is 0.311 e. The summed E-state index contributed by atoms with van der Waals surface area (Å²) in [5.74, 6) is -1.25. The molecule has 2 rings (SSSR count). The maximum atomic E-state index is 10.7. The van der Waals surface area contributed by atoms with Crippen molar-refractivity contribution in [3.8, 4) is 0 Å². The van der Waals surface area contributed by atoms with E-state index in [1.54, 1.807) is 0 Å². The predicted molar refractivity (Wildman–Crippen MR) is 39.8 cm³/mol. The van der Waals surface area contributed by atoms with Crippen molar-refractivity contribution in [2.24, 2.45) is 5.92 Å². The van der Waals surface area contributed by atoms with E-state index < -0.39 is 11.9 Å². The summed E-state index contributed by atoms with van der Waals surface area (Å²) < 4.78 is 10.7. The molecule has 2 saturated heterocycles. The molecule has 12 heavy (non-hydrogen) atoms. The molecule has 0 aromatic heterocycles. The van der Waals surface area contributed by atoms with E-state index in [0.717, 1.165) is 12.8 Å². The third kappa shape index (κ3) is 1.21. The Balaban J connectivity index is 2.05. The summed E-state index contributed by atoms with van der Waals surface area (Å²) in [7, 11) is 0. The molecule has 1 N–H and O–H groups in total. The molecule has 0 aromatic carbocycles. The van der Waals surface area contributed by atoms with E-state index in [9.17, 15) is 4.79 Å². The number of aliphatic carboxylic acids is 1. The van der Waals surface area contributed by atoms with E-state index in [0.29, 0.717) is 13.2 Å². The lowest BCUT2D eigenvalue weighted by molar-refractivity contribution is -0.146. The second-order valence-electron chi connectivity index (χ2n) is 3.29. The molecule has 2 heterocycles. The minimum absolute atomic E-state index is 0.0276. The fourth-order valence-corrected chi connectivity index (χ4v) is 1.86. The zero-order valence-electron chi connectivity index (χ0n) is 6.73. The molecule has 0 unspecified atom stereocenters. The molecule has 2 aliphatic rings. The lowest BCUT2D eigenvalue weighted by atomic mass is 9.97. The molecular weight excluding hydrogens is 160 g/mol. The van der Waals surface area contributed by atoms with Crippen molar-refractivity contribution in [3.63, 3.8) is 0 Å². The van der Waals surface area contributed by atoms with Gasteiger partial charge in [0.1, 0.15) is 5.92 Å².